The van der Waals surface area contributed by atoms with Crippen molar-refractivity contribution in [2.45, 2.75) is 19.9 Å². The van der Waals surface area contributed by atoms with Gasteiger partial charge in [0.15, 0.2) is 0 Å². The molecule has 2 heterocycles. The molecule has 4 aromatic rings. The Balaban J connectivity index is 1.55. The summed E-state index contributed by atoms with van der Waals surface area (Å²) < 4.78 is 7.94. The summed E-state index contributed by atoms with van der Waals surface area (Å²) in [7, 11) is 0. The van der Waals surface area contributed by atoms with E-state index >= 15 is 0 Å². The minimum atomic E-state index is -0.170. The summed E-state index contributed by atoms with van der Waals surface area (Å²) in [6.45, 7) is 4.43. The third kappa shape index (κ3) is 5.21. The van der Waals surface area contributed by atoms with Crippen LogP contribution in [0, 0.1) is 0 Å². The highest BCUT2D eigenvalue weighted by atomic mass is 35.5. The van der Waals surface area contributed by atoms with E-state index in [2.05, 4.69) is 0 Å². The predicted octanol–water partition coefficient (Wildman–Crippen LogP) is 7.55. The normalized spacial score (nSPS) is 15.4. The predicted molar refractivity (Wildman–Crippen MR) is 155 cm³/mol. The lowest BCUT2D eigenvalue weighted by Gasteiger charge is -2.23. The van der Waals surface area contributed by atoms with Crippen molar-refractivity contribution in [3.8, 4) is 22.7 Å². The maximum Gasteiger partial charge on any atom is 0.266 e. The molecular weight excluding hydrogens is 522 g/mol. The fraction of sp³-hybridized carbons (Fsp3) is 0.138. The number of ether oxygens (including phenoxy) is 1. The fourth-order valence-electron chi connectivity index (χ4n) is 4.19. The number of thiocarbonyl (C=S) groups is 1. The molecule has 0 aliphatic carbocycles. The summed E-state index contributed by atoms with van der Waals surface area (Å²) in [5.41, 5.74) is 4.25. The summed E-state index contributed by atoms with van der Waals surface area (Å²) in [5.74, 6) is 0.502. The molecule has 1 atom stereocenters. The molecule has 5 nitrogen and oxygen atoms in total. The molecule has 0 N–H and O–H groups in total. The van der Waals surface area contributed by atoms with Crippen LogP contribution in [0.2, 0.25) is 5.02 Å². The number of benzene rings is 3. The summed E-state index contributed by atoms with van der Waals surface area (Å²) in [5, 5.41) is 5.36. The van der Waals surface area contributed by atoms with Crippen molar-refractivity contribution in [1.29, 1.82) is 0 Å². The van der Waals surface area contributed by atoms with Crippen LogP contribution in [0.25, 0.3) is 23.0 Å². The summed E-state index contributed by atoms with van der Waals surface area (Å²) in [6, 6.07) is 25.2. The first-order valence-electron chi connectivity index (χ1n) is 11.9. The van der Waals surface area contributed by atoms with E-state index in [4.69, 9.17) is 33.7 Å². The third-order valence-electron chi connectivity index (χ3n) is 6.05. The van der Waals surface area contributed by atoms with Crippen LogP contribution in [0.3, 0.4) is 0 Å². The Kier molecular flexibility index (Phi) is 7.46. The number of rotatable bonds is 7. The van der Waals surface area contributed by atoms with Crippen LogP contribution in [0.15, 0.2) is 90.0 Å². The molecule has 1 amide bonds. The minimum Gasteiger partial charge on any atom is -0.492 e. The molecule has 186 valence electrons. The largest absolute Gasteiger partial charge is 0.492 e. The van der Waals surface area contributed by atoms with Gasteiger partial charge in [0.25, 0.3) is 5.91 Å². The number of amides is 1. The highest BCUT2D eigenvalue weighted by Crippen LogP contribution is 2.39. The van der Waals surface area contributed by atoms with Gasteiger partial charge < -0.3 is 4.74 Å². The number of thioether (sulfide) groups is 1. The number of aromatic nitrogens is 2. The smallest absolute Gasteiger partial charge is 0.266 e. The monoisotopic (exact) mass is 545 g/mol. The van der Waals surface area contributed by atoms with Crippen molar-refractivity contribution in [3.63, 3.8) is 0 Å². The van der Waals surface area contributed by atoms with Gasteiger partial charge in [0, 0.05) is 17.3 Å². The Morgan fingerprint density at radius 3 is 2.46 bits per heavy atom. The molecule has 1 aliphatic rings. The maximum absolute atomic E-state index is 13.5. The van der Waals surface area contributed by atoms with Crippen LogP contribution in [0.1, 0.15) is 31.0 Å². The lowest BCUT2D eigenvalue weighted by atomic mass is 10.1. The quantitative estimate of drug-likeness (QED) is 0.177. The van der Waals surface area contributed by atoms with E-state index in [1.54, 1.807) is 9.58 Å². The Labute approximate surface area is 230 Å². The van der Waals surface area contributed by atoms with Gasteiger partial charge in [-0.2, -0.15) is 5.10 Å². The number of carbonyl (C=O) groups excluding carboxylic acids is 1. The van der Waals surface area contributed by atoms with Crippen molar-refractivity contribution < 1.29 is 9.53 Å². The van der Waals surface area contributed by atoms with E-state index in [-0.39, 0.29) is 11.9 Å². The van der Waals surface area contributed by atoms with Gasteiger partial charge in [-0.05, 0) is 55.8 Å². The first-order chi connectivity index (χ1) is 18.0. The number of carbonyl (C=O) groups is 1. The molecule has 0 radical (unpaired) electrons. The second-order valence-corrected chi connectivity index (χ2v) is 10.5. The summed E-state index contributed by atoms with van der Waals surface area (Å²) >= 11 is 13.4. The molecule has 5 rings (SSSR count). The molecule has 3 aromatic carbocycles. The average molecular weight is 546 g/mol. The average Bonchev–Trinajstić information content (AvgIpc) is 3.46. The van der Waals surface area contributed by atoms with Crippen LogP contribution in [0.4, 0.5) is 0 Å². The van der Waals surface area contributed by atoms with E-state index in [1.165, 1.54) is 11.8 Å². The summed E-state index contributed by atoms with van der Waals surface area (Å²) in [4.78, 5) is 15.7. The zero-order valence-electron chi connectivity index (χ0n) is 20.3. The van der Waals surface area contributed by atoms with Crippen LogP contribution in [-0.4, -0.2) is 31.5 Å². The molecule has 0 saturated carbocycles. The Morgan fingerprint density at radius 2 is 1.78 bits per heavy atom. The van der Waals surface area contributed by atoms with Crippen molar-refractivity contribution in [3.05, 3.63) is 106 Å². The Morgan fingerprint density at radius 1 is 1.08 bits per heavy atom. The van der Waals surface area contributed by atoms with Gasteiger partial charge in [0.05, 0.1) is 28.3 Å². The number of halogens is 1. The lowest BCUT2D eigenvalue weighted by molar-refractivity contribution is -0.123. The van der Waals surface area contributed by atoms with E-state index in [0.29, 0.717) is 32.3 Å². The second-order valence-electron chi connectivity index (χ2n) is 8.43. The molecular formula is C29H24ClN3O2S2. The second kappa shape index (κ2) is 10.9. The first-order valence-corrected chi connectivity index (χ1v) is 13.5. The molecule has 1 saturated heterocycles. The van der Waals surface area contributed by atoms with Crippen molar-refractivity contribution in [2.75, 3.05) is 6.61 Å². The fourth-order valence-corrected chi connectivity index (χ4v) is 5.83. The number of nitrogens with zero attached hydrogens (tertiary/aromatic N) is 3. The van der Waals surface area contributed by atoms with Gasteiger partial charge in [-0.25, -0.2) is 4.68 Å². The standard InChI is InChI=1S/C29H24ClN3O2S2/c1-3-35-25-15-14-21(16-24(25)30)27-22(18-32(31-27)23-12-8-5-9-13-23)17-26-28(34)33(29(36)37-26)19(2)20-10-6-4-7-11-20/h4-19H,3H2,1-2H3/b26-17-. The molecule has 0 bridgehead atoms. The Bertz CT molecular complexity index is 1490. The molecule has 1 unspecified atom stereocenters. The Hall–Kier alpha value is -3.39. The maximum atomic E-state index is 13.5. The van der Waals surface area contributed by atoms with Crippen LogP contribution < -0.4 is 4.74 Å². The topological polar surface area (TPSA) is 47.4 Å². The lowest BCUT2D eigenvalue weighted by Crippen LogP contribution is -2.30. The zero-order valence-corrected chi connectivity index (χ0v) is 22.7. The molecule has 1 aliphatic heterocycles. The molecule has 8 heteroatoms. The van der Waals surface area contributed by atoms with Gasteiger partial charge >= 0.3 is 0 Å². The van der Waals surface area contributed by atoms with Crippen molar-refractivity contribution in [2.24, 2.45) is 0 Å². The molecule has 0 spiro atoms. The zero-order chi connectivity index (χ0) is 25.9. The van der Waals surface area contributed by atoms with Crippen molar-refractivity contribution >= 4 is 51.9 Å². The number of hydrogen-bond donors (Lipinski definition) is 0. The minimum absolute atomic E-state index is 0.116. The van der Waals surface area contributed by atoms with Crippen LogP contribution >= 0.6 is 35.6 Å². The van der Waals surface area contributed by atoms with E-state index in [1.807, 2.05) is 105 Å². The molecule has 1 fully saturated rings. The number of para-hydroxylation sites is 1. The van der Waals surface area contributed by atoms with Gasteiger partial charge in [-0.15, -0.1) is 0 Å². The van der Waals surface area contributed by atoms with Gasteiger partial charge in [0.2, 0.25) is 0 Å². The first kappa shape index (κ1) is 25.3. The van der Waals surface area contributed by atoms with E-state index in [0.717, 1.165) is 22.4 Å². The summed E-state index contributed by atoms with van der Waals surface area (Å²) in [6.07, 6.45) is 3.78. The van der Waals surface area contributed by atoms with Crippen molar-refractivity contribution in [1.82, 2.24) is 14.7 Å². The van der Waals surface area contributed by atoms with E-state index < -0.39 is 0 Å². The highest BCUT2D eigenvalue weighted by Gasteiger charge is 2.36. The van der Waals surface area contributed by atoms with E-state index in [9.17, 15) is 4.79 Å². The molecule has 1 aromatic heterocycles. The van der Waals surface area contributed by atoms with Gasteiger partial charge in [-0.3, -0.25) is 9.69 Å². The number of hydrogen-bond acceptors (Lipinski definition) is 5. The highest BCUT2D eigenvalue weighted by molar-refractivity contribution is 8.26. The molecule has 37 heavy (non-hydrogen) atoms. The van der Waals surface area contributed by atoms with Crippen LogP contribution in [0.5, 0.6) is 5.75 Å². The van der Waals surface area contributed by atoms with Gasteiger partial charge in [-0.1, -0.05) is 84.1 Å². The van der Waals surface area contributed by atoms with Crippen LogP contribution in [-0.2, 0) is 4.79 Å². The SMILES string of the molecule is CCOc1ccc(-c2nn(-c3ccccc3)cc2/C=C2\SC(=S)N(C(C)c3ccccc3)C2=O)cc1Cl. The van der Waals surface area contributed by atoms with Gasteiger partial charge in [0.1, 0.15) is 15.8 Å². The third-order valence-corrected chi connectivity index (χ3v) is 7.67.